The van der Waals surface area contributed by atoms with Crippen molar-refractivity contribution in [1.82, 2.24) is 4.98 Å². The van der Waals surface area contributed by atoms with E-state index in [9.17, 15) is 9.50 Å². The van der Waals surface area contributed by atoms with Gasteiger partial charge in [0.25, 0.3) is 0 Å². The molecular weight excluding hydrogens is 193 g/mol. The zero-order valence-corrected chi connectivity index (χ0v) is 9.07. The van der Waals surface area contributed by atoms with Gasteiger partial charge in [0.2, 0.25) is 0 Å². The molecule has 1 heterocycles. The first kappa shape index (κ1) is 10.6. The molecule has 1 aliphatic rings. The summed E-state index contributed by atoms with van der Waals surface area (Å²) in [6.45, 7) is 4.11. The van der Waals surface area contributed by atoms with E-state index in [1.54, 1.807) is 6.20 Å². The lowest BCUT2D eigenvalue weighted by Crippen LogP contribution is -2.49. The van der Waals surface area contributed by atoms with Crippen LogP contribution in [-0.4, -0.2) is 16.2 Å². The minimum atomic E-state index is -0.299. The molecular formula is C12H16FNO. The van der Waals surface area contributed by atoms with Crippen molar-refractivity contribution in [3.63, 3.8) is 0 Å². The fourth-order valence-corrected chi connectivity index (χ4v) is 2.45. The van der Waals surface area contributed by atoms with Crippen LogP contribution < -0.4 is 0 Å². The fraction of sp³-hybridized carbons (Fsp3) is 0.583. The van der Waals surface area contributed by atoms with Crippen LogP contribution in [0.1, 0.15) is 38.2 Å². The Balaban J connectivity index is 2.26. The van der Waals surface area contributed by atoms with E-state index in [0.29, 0.717) is 0 Å². The number of rotatable bonds is 2. The van der Waals surface area contributed by atoms with Gasteiger partial charge >= 0.3 is 0 Å². The van der Waals surface area contributed by atoms with Gasteiger partial charge in [-0.3, -0.25) is 4.98 Å². The summed E-state index contributed by atoms with van der Waals surface area (Å²) in [5, 5.41) is 9.75. The molecule has 15 heavy (non-hydrogen) atoms. The van der Waals surface area contributed by atoms with Gasteiger partial charge in [0.05, 0.1) is 12.3 Å². The van der Waals surface area contributed by atoms with E-state index in [2.05, 4.69) is 18.8 Å². The van der Waals surface area contributed by atoms with Gasteiger partial charge in [-0.15, -0.1) is 0 Å². The minimum Gasteiger partial charge on any atom is -0.393 e. The third-order valence-corrected chi connectivity index (χ3v) is 3.91. The van der Waals surface area contributed by atoms with Crippen molar-refractivity contribution in [3.8, 4) is 0 Å². The third-order valence-electron chi connectivity index (χ3n) is 3.91. The molecule has 2 nitrogen and oxygen atoms in total. The number of aromatic nitrogens is 1. The average Bonchev–Trinajstić information content (AvgIpc) is 2.24. The van der Waals surface area contributed by atoms with Gasteiger partial charge in [-0.2, -0.15) is 0 Å². The van der Waals surface area contributed by atoms with Crippen LogP contribution in [0.25, 0.3) is 0 Å². The van der Waals surface area contributed by atoms with Gasteiger partial charge in [0.1, 0.15) is 5.82 Å². The lowest BCUT2D eigenvalue weighted by Gasteiger charge is -2.51. The summed E-state index contributed by atoms with van der Waals surface area (Å²) in [5.74, 6) is -0.0620. The lowest BCUT2D eigenvalue weighted by molar-refractivity contribution is -0.0779. The van der Waals surface area contributed by atoms with Crippen LogP contribution in [0.5, 0.6) is 0 Å². The molecule has 2 rings (SSSR count). The van der Waals surface area contributed by atoms with Crippen molar-refractivity contribution in [2.24, 2.45) is 5.41 Å². The Morgan fingerprint density at radius 1 is 1.60 bits per heavy atom. The SMILES string of the molecule is CCC1(C)C(O)CC1c1cncc(F)c1. The first-order valence-corrected chi connectivity index (χ1v) is 5.36. The van der Waals surface area contributed by atoms with Crippen molar-refractivity contribution >= 4 is 0 Å². The van der Waals surface area contributed by atoms with Crippen molar-refractivity contribution < 1.29 is 9.50 Å². The summed E-state index contributed by atoms with van der Waals surface area (Å²) >= 11 is 0. The first-order valence-electron chi connectivity index (χ1n) is 5.36. The van der Waals surface area contributed by atoms with E-state index in [4.69, 9.17) is 0 Å². The highest BCUT2D eigenvalue weighted by Crippen LogP contribution is 2.54. The van der Waals surface area contributed by atoms with Crippen molar-refractivity contribution in [2.45, 2.75) is 38.7 Å². The normalized spacial score (nSPS) is 34.9. The Bertz CT molecular complexity index is 368. The summed E-state index contributed by atoms with van der Waals surface area (Å²) in [6, 6.07) is 1.53. The number of aliphatic hydroxyl groups is 1. The van der Waals surface area contributed by atoms with Crippen molar-refractivity contribution in [1.29, 1.82) is 0 Å². The van der Waals surface area contributed by atoms with E-state index >= 15 is 0 Å². The van der Waals surface area contributed by atoms with Gasteiger partial charge in [0.15, 0.2) is 0 Å². The molecule has 0 aromatic carbocycles. The Morgan fingerprint density at radius 3 is 2.87 bits per heavy atom. The number of hydrogen-bond acceptors (Lipinski definition) is 2. The molecule has 0 radical (unpaired) electrons. The van der Waals surface area contributed by atoms with Crippen LogP contribution >= 0.6 is 0 Å². The molecule has 3 atom stereocenters. The molecule has 3 heteroatoms. The third kappa shape index (κ3) is 1.55. The molecule has 1 fully saturated rings. The van der Waals surface area contributed by atoms with Crippen LogP contribution in [0.3, 0.4) is 0 Å². The molecule has 0 amide bonds. The van der Waals surface area contributed by atoms with Gasteiger partial charge in [-0.05, 0) is 30.4 Å². The second-order valence-electron chi connectivity index (χ2n) is 4.60. The maximum absolute atomic E-state index is 13.0. The zero-order chi connectivity index (χ0) is 11.1. The van der Waals surface area contributed by atoms with Crippen molar-refractivity contribution in [2.75, 3.05) is 0 Å². The summed E-state index contributed by atoms with van der Waals surface area (Å²) in [5.41, 5.74) is 0.791. The predicted molar refractivity (Wildman–Crippen MR) is 56.0 cm³/mol. The first-order chi connectivity index (χ1) is 7.08. The average molecular weight is 209 g/mol. The van der Waals surface area contributed by atoms with Crippen LogP contribution in [0.2, 0.25) is 0 Å². The number of hydrogen-bond donors (Lipinski definition) is 1. The molecule has 82 valence electrons. The van der Waals surface area contributed by atoms with Crippen LogP contribution in [0.4, 0.5) is 4.39 Å². The summed E-state index contributed by atoms with van der Waals surface area (Å²) in [4.78, 5) is 3.86. The molecule has 0 bridgehead atoms. The molecule has 0 aliphatic heterocycles. The fourth-order valence-electron chi connectivity index (χ4n) is 2.45. The second kappa shape index (κ2) is 3.56. The summed E-state index contributed by atoms with van der Waals surface area (Å²) in [7, 11) is 0. The standard InChI is InChI=1S/C12H16FNO/c1-3-12(2)10(5-11(12)15)8-4-9(13)7-14-6-8/h4,6-7,10-11,15H,3,5H2,1-2H3. The van der Waals surface area contributed by atoms with Crippen molar-refractivity contribution in [3.05, 3.63) is 29.8 Å². The molecule has 1 aromatic heterocycles. The van der Waals surface area contributed by atoms with Gasteiger partial charge in [-0.25, -0.2) is 4.39 Å². The maximum Gasteiger partial charge on any atom is 0.141 e. The zero-order valence-electron chi connectivity index (χ0n) is 9.07. The van der Waals surface area contributed by atoms with E-state index < -0.39 is 0 Å². The number of nitrogens with zero attached hydrogens (tertiary/aromatic N) is 1. The summed E-state index contributed by atoms with van der Waals surface area (Å²) in [6.07, 6.45) is 4.26. The molecule has 0 saturated heterocycles. The van der Waals surface area contributed by atoms with E-state index in [-0.39, 0.29) is 23.3 Å². The smallest absolute Gasteiger partial charge is 0.141 e. The quantitative estimate of drug-likeness (QED) is 0.811. The molecule has 1 aromatic rings. The highest BCUT2D eigenvalue weighted by molar-refractivity contribution is 5.24. The highest BCUT2D eigenvalue weighted by atomic mass is 19.1. The second-order valence-corrected chi connectivity index (χ2v) is 4.60. The topological polar surface area (TPSA) is 33.1 Å². The summed E-state index contributed by atoms with van der Waals surface area (Å²) < 4.78 is 13.0. The maximum atomic E-state index is 13.0. The number of aliphatic hydroxyl groups excluding tert-OH is 1. The predicted octanol–water partition coefficient (Wildman–Crippen LogP) is 2.49. The number of pyridine rings is 1. The van der Waals surface area contributed by atoms with Gasteiger partial charge < -0.3 is 5.11 Å². The minimum absolute atomic E-state index is 0.116. The van der Waals surface area contributed by atoms with Crippen LogP contribution in [0.15, 0.2) is 18.5 Å². The monoisotopic (exact) mass is 209 g/mol. The molecule has 1 saturated carbocycles. The van der Waals surface area contributed by atoms with Gasteiger partial charge in [-0.1, -0.05) is 13.8 Å². The van der Waals surface area contributed by atoms with Crippen LogP contribution in [-0.2, 0) is 0 Å². The van der Waals surface area contributed by atoms with E-state index in [1.165, 1.54) is 12.3 Å². The Labute approximate surface area is 89.2 Å². The Hall–Kier alpha value is -0.960. The Kier molecular flexibility index (Phi) is 2.51. The highest BCUT2D eigenvalue weighted by Gasteiger charge is 2.50. The largest absolute Gasteiger partial charge is 0.393 e. The lowest BCUT2D eigenvalue weighted by atomic mass is 9.55. The number of halogens is 1. The van der Waals surface area contributed by atoms with E-state index in [1.807, 2.05) is 0 Å². The molecule has 1 aliphatic carbocycles. The molecule has 0 spiro atoms. The molecule has 3 unspecified atom stereocenters. The van der Waals surface area contributed by atoms with E-state index in [0.717, 1.165) is 18.4 Å². The Morgan fingerprint density at radius 2 is 2.33 bits per heavy atom. The van der Waals surface area contributed by atoms with Crippen LogP contribution in [0, 0.1) is 11.2 Å². The molecule has 1 N–H and O–H groups in total. The van der Waals surface area contributed by atoms with Gasteiger partial charge in [0, 0.05) is 11.6 Å².